The molecule has 1 atom stereocenters. The highest BCUT2D eigenvalue weighted by molar-refractivity contribution is 6.39. The second-order valence-corrected chi connectivity index (χ2v) is 12.7. The molecule has 1 amide bonds. The van der Waals surface area contributed by atoms with Gasteiger partial charge in [-0.2, -0.15) is 0 Å². The van der Waals surface area contributed by atoms with Crippen molar-refractivity contribution in [3.63, 3.8) is 0 Å². The van der Waals surface area contributed by atoms with E-state index in [9.17, 15) is 4.79 Å². The monoisotopic (exact) mass is 678 g/mol. The molecule has 2 aliphatic rings. The number of hydrogen-bond donors (Lipinski definition) is 3. The number of methoxy groups -OCH3 is 2. The van der Waals surface area contributed by atoms with Crippen molar-refractivity contribution in [2.24, 2.45) is 5.92 Å². The summed E-state index contributed by atoms with van der Waals surface area (Å²) in [5, 5.41) is 10.3. The Balaban J connectivity index is 1.19. The van der Waals surface area contributed by atoms with Crippen LogP contribution in [0.4, 0.5) is 15.9 Å². The summed E-state index contributed by atoms with van der Waals surface area (Å²) in [5.74, 6) is 0.962. The number of likely N-dealkylation sites (tertiary alicyclic amines) is 1. The van der Waals surface area contributed by atoms with E-state index < -0.39 is 5.82 Å². The van der Waals surface area contributed by atoms with Crippen molar-refractivity contribution in [2.45, 2.75) is 32.0 Å². The molecule has 9 nitrogen and oxygen atoms in total. The molecule has 0 saturated carbocycles. The lowest BCUT2D eigenvalue weighted by molar-refractivity contribution is -0.119. The highest BCUT2D eigenvalue weighted by Gasteiger charge is 2.27. The fourth-order valence-electron chi connectivity index (χ4n) is 6.15. The summed E-state index contributed by atoms with van der Waals surface area (Å²) in [6.07, 6.45) is 4.69. The van der Waals surface area contributed by atoms with E-state index in [2.05, 4.69) is 30.8 Å². The fraction of sp³-hybridized carbons (Fsp3) is 0.343. The molecule has 4 aromatic rings. The van der Waals surface area contributed by atoms with Crippen LogP contribution < -0.4 is 20.7 Å². The Morgan fingerprint density at radius 1 is 1.02 bits per heavy atom. The number of amides is 1. The number of anilines is 2. The van der Waals surface area contributed by atoms with Gasteiger partial charge in [0.05, 0.1) is 35.1 Å². The number of nitrogens with one attached hydrogen (secondary N) is 3. The smallest absolute Gasteiger partial charge is 0.220 e. The molecule has 2 aliphatic heterocycles. The number of aromatic nitrogens is 2. The average Bonchev–Trinajstić information content (AvgIpc) is 3.47. The zero-order valence-corrected chi connectivity index (χ0v) is 27.8. The molecule has 0 unspecified atom stereocenters. The Kier molecular flexibility index (Phi) is 10.5. The van der Waals surface area contributed by atoms with Crippen LogP contribution >= 0.6 is 23.2 Å². The lowest BCUT2D eigenvalue weighted by atomic mass is 10.0. The van der Waals surface area contributed by atoms with Gasteiger partial charge >= 0.3 is 0 Å². The van der Waals surface area contributed by atoms with E-state index in [1.54, 1.807) is 44.8 Å². The number of halogens is 3. The number of benzene rings is 2. The number of hydrogen-bond acceptors (Lipinski definition) is 8. The van der Waals surface area contributed by atoms with E-state index in [1.165, 1.54) is 0 Å². The average molecular weight is 680 g/mol. The summed E-state index contributed by atoms with van der Waals surface area (Å²) >= 11 is 13.9. The third kappa shape index (κ3) is 7.52. The highest BCUT2D eigenvalue weighted by atomic mass is 35.5. The molecule has 47 heavy (non-hydrogen) atoms. The van der Waals surface area contributed by atoms with Crippen molar-refractivity contribution in [1.82, 2.24) is 25.5 Å². The first-order valence-electron chi connectivity index (χ1n) is 15.6. The van der Waals surface area contributed by atoms with E-state index in [0.717, 1.165) is 30.6 Å². The zero-order chi connectivity index (χ0) is 32.9. The van der Waals surface area contributed by atoms with Gasteiger partial charge in [0.25, 0.3) is 0 Å². The van der Waals surface area contributed by atoms with Crippen molar-refractivity contribution < 1.29 is 18.7 Å². The van der Waals surface area contributed by atoms with E-state index in [1.807, 2.05) is 30.3 Å². The molecular weight excluding hydrogens is 642 g/mol. The molecule has 2 saturated heterocycles. The maximum absolute atomic E-state index is 15.5. The molecular formula is C35H37Cl2FN6O3. The van der Waals surface area contributed by atoms with Crippen LogP contribution in [0.15, 0.2) is 60.9 Å². The Morgan fingerprint density at radius 3 is 2.60 bits per heavy atom. The summed E-state index contributed by atoms with van der Waals surface area (Å²) < 4.78 is 26.5. The fourth-order valence-corrected chi connectivity index (χ4v) is 6.75. The van der Waals surface area contributed by atoms with Gasteiger partial charge in [-0.1, -0.05) is 47.5 Å². The summed E-state index contributed by atoms with van der Waals surface area (Å²) in [6, 6.07) is 15.0. The maximum atomic E-state index is 15.5. The van der Waals surface area contributed by atoms with Gasteiger partial charge in [0, 0.05) is 98.4 Å². The van der Waals surface area contributed by atoms with Gasteiger partial charge in [-0.05, 0) is 30.7 Å². The normalized spacial score (nSPS) is 16.6. The van der Waals surface area contributed by atoms with E-state index in [0.29, 0.717) is 82.4 Å². The third-order valence-electron chi connectivity index (χ3n) is 8.58. The molecule has 2 fully saturated rings. The van der Waals surface area contributed by atoms with Gasteiger partial charge in [0.2, 0.25) is 5.91 Å². The Labute approximate surface area is 283 Å². The van der Waals surface area contributed by atoms with Crippen molar-refractivity contribution in [1.29, 1.82) is 0 Å². The topological polar surface area (TPSA) is 101 Å². The third-order valence-corrected chi connectivity index (χ3v) is 9.37. The first-order valence-corrected chi connectivity index (χ1v) is 16.3. The zero-order valence-electron chi connectivity index (χ0n) is 26.3. The predicted molar refractivity (Wildman–Crippen MR) is 183 cm³/mol. The van der Waals surface area contributed by atoms with Crippen LogP contribution in [0.5, 0.6) is 5.75 Å². The first-order chi connectivity index (χ1) is 22.8. The number of ether oxygens (including phenoxy) is 2. The van der Waals surface area contributed by atoms with E-state index >= 15 is 4.39 Å². The summed E-state index contributed by atoms with van der Waals surface area (Å²) in [5.41, 5.74) is 4.74. The van der Waals surface area contributed by atoms with Crippen molar-refractivity contribution in [3.8, 4) is 28.1 Å². The second kappa shape index (κ2) is 15.0. The minimum absolute atomic E-state index is 0.0976. The first kappa shape index (κ1) is 33.1. The van der Waals surface area contributed by atoms with Crippen LogP contribution in [0.1, 0.15) is 24.0 Å². The van der Waals surface area contributed by atoms with E-state index in [4.69, 9.17) is 32.7 Å². The van der Waals surface area contributed by atoms with Gasteiger partial charge in [-0.25, -0.2) is 9.37 Å². The van der Waals surface area contributed by atoms with Crippen LogP contribution in [0, 0.1) is 11.7 Å². The van der Waals surface area contributed by atoms with Crippen molar-refractivity contribution in [3.05, 3.63) is 87.9 Å². The van der Waals surface area contributed by atoms with Crippen molar-refractivity contribution in [2.75, 3.05) is 45.8 Å². The highest BCUT2D eigenvalue weighted by Crippen LogP contribution is 2.42. The molecule has 12 heteroatoms. The van der Waals surface area contributed by atoms with Crippen LogP contribution in [-0.2, 0) is 22.6 Å². The Bertz CT molecular complexity index is 1750. The molecule has 0 aliphatic carbocycles. The van der Waals surface area contributed by atoms with Crippen LogP contribution in [0.2, 0.25) is 10.0 Å². The molecule has 2 aromatic heterocycles. The Hall–Kier alpha value is -3.80. The summed E-state index contributed by atoms with van der Waals surface area (Å²) in [6.45, 7) is 4.22. The van der Waals surface area contributed by atoms with Crippen molar-refractivity contribution >= 4 is 40.6 Å². The number of rotatable bonds is 13. The minimum Gasteiger partial charge on any atom is -0.496 e. The minimum atomic E-state index is -0.411. The summed E-state index contributed by atoms with van der Waals surface area (Å²) in [4.78, 5) is 22.5. The number of pyridine rings is 2. The molecule has 0 spiro atoms. The number of carbonyl (C=O) groups excluding carboxylic acids is 1. The van der Waals surface area contributed by atoms with Crippen LogP contribution in [0.3, 0.4) is 0 Å². The maximum Gasteiger partial charge on any atom is 0.220 e. The standard InChI is InChI=1S/C35H37Cl2FN6O3/c1-46-20-21-17-44(18-21)19-24-10-12-41-35(33(24)38)43-28-5-3-4-26(31(28)36)27-11-13-40-34(32(27)37)22-6-7-23(29(14-22)47-2)15-39-16-25-8-9-30(45)42-25/h3-7,10-14,21,25,39H,8-9,15-20H2,1-2H3,(H,41,43)(H,42,45)/t25-/m1/s1. The largest absolute Gasteiger partial charge is 0.496 e. The van der Waals surface area contributed by atoms with Gasteiger partial charge in [-0.15, -0.1) is 0 Å². The molecule has 3 N–H and O–H groups in total. The van der Waals surface area contributed by atoms with Crippen LogP contribution in [-0.4, -0.2) is 67.3 Å². The molecule has 0 radical (unpaired) electrons. The molecule has 2 aromatic carbocycles. The lowest BCUT2D eigenvalue weighted by Gasteiger charge is -2.38. The number of nitrogens with zero attached hydrogens (tertiary/aromatic N) is 3. The lowest BCUT2D eigenvalue weighted by Crippen LogP contribution is -2.47. The summed E-state index contributed by atoms with van der Waals surface area (Å²) in [7, 11) is 3.32. The quantitative estimate of drug-likeness (QED) is 0.148. The van der Waals surface area contributed by atoms with Gasteiger partial charge in [0.1, 0.15) is 5.75 Å². The number of carbonyl (C=O) groups is 1. The van der Waals surface area contributed by atoms with E-state index in [-0.39, 0.29) is 17.8 Å². The Morgan fingerprint density at radius 2 is 1.83 bits per heavy atom. The van der Waals surface area contributed by atoms with Gasteiger partial charge in [-0.3, -0.25) is 14.7 Å². The van der Waals surface area contributed by atoms with Gasteiger partial charge < -0.3 is 25.4 Å². The molecule has 0 bridgehead atoms. The SMILES string of the molecule is COCC1CN(Cc2ccnc(Nc3cccc(-c4ccnc(-c5ccc(CNC[C@H]6CCC(=O)N6)c(OC)c5)c4Cl)c3Cl)c2F)C1. The molecule has 246 valence electrons. The predicted octanol–water partition coefficient (Wildman–Crippen LogP) is 6.46. The van der Waals surface area contributed by atoms with Crippen LogP contribution in [0.25, 0.3) is 22.4 Å². The van der Waals surface area contributed by atoms with Gasteiger partial charge in [0.15, 0.2) is 11.6 Å². The molecule has 4 heterocycles. The molecule has 6 rings (SSSR count). The second-order valence-electron chi connectivity index (χ2n) is 11.9.